The minimum absolute atomic E-state index is 0.141. The van der Waals surface area contributed by atoms with E-state index in [9.17, 15) is 13.6 Å². The first-order chi connectivity index (χ1) is 7.97. The molecule has 0 radical (unpaired) electrons. The minimum Gasteiger partial charge on any atom is -0.481 e. The van der Waals surface area contributed by atoms with E-state index in [1.807, 2.05) is 0 Å². The topological polar surface area (TPSA) is 49.3 Å². The molecule has 1 aliphatic rings. The van der Waals surface area contributed by atoms with Crippen LogP contribution in [0.15, 0.2) is 18.2 Å². The molecule has 2 N–H and O–H groups in total. The van der Waals surface area contributed by atoms with Gasteiger partial charge in [0.05, 0.1) is 5.92 Å². The maximum Gasteiger partial charge on any atom is 0.308 e. The zero-order valence-corrected chi connectivity index (χ0v) is 9.34. The molecule has 1 aromatic rings. The third-order valence-electron chi connectivity index (χ3n) is 3.44. The van der Waals surface area contributed by atoms with Crippen molar-refractivity contribution in [2.75, 3.05) is 13.1 Å². The number of nitrogens with one attached hydrogen (secondary N) is 1. The van der Waals surface area contributed by atoms with Crippen LogP contribution in [0.3, 0.4) is 0 Å². The fraction of sp³-hybridized carbons (Fsp3) is 0.417. The normalized spacial score (nSPS) is 28.3. The standard InChI is InChI=1S/C12H13F2NO2/c1-12(6-15-5-7(12)11(16)17)10-8(13)3-2-4-9(10)14/h2-4,7,15H,5-6H2,1H3,(H,16,17). The number of carboxylic acid groups (broad SMARTS) is 1. The molecule has 0 saturated carbocycles. The molecular formula is C12H13F2NO2. The molecule has 1 aliphatic heterocycles. The fourth-order valence-corrected chi connectivity index (χ4v) is 2.49. The number of carbonyl (C=O) groups is 1. The Morgan fingerprint density at radius 3 is 2.59 bits per heavy atom. The number of hydrogen-bond acceptors (Lipinski definition) is 2. The molecule has 5 heteroatoms. The van der Waals surface area contributed by atoms with Gasteiger partial charge in [0.15, 0.2) is 0 Å². The van der Waals surface area contributed by atoms with E-state index in [4.69, 9.17) is 5.11 Å². The molecule has 0 amide bonds. The molecule has 1 fully saturated rings. The van der Waals surface area contributed by atoms with E-state index in [1.54, 1.807) is 6.92 Å². The zero-order valence-electron chi connectivity index (χ0n) is 9.34. The highest BCUT2D eigenvalue weighted by Crippen LogP contribution is 2.38. The second kappa shape index (κ2) is 4.07. The summed E-state index contributed by atoms with van der Waals surface area (Å²) in [6.07, 6.45) is 0. The highest BCUT2D eigenvalue weighted by Gasteiger charge is 2.47. The predicted octanol–water partition coefficient (Wildman–Crippen LogP) is 1.53. The van der Waals surface area contributed by atoms with E-state index < -0.39 is 28.9 Å². The maximum atomic E-state index is 13.7. The van der Waals surface area contributed by atoms with E-state index in [0.717, 1.165) is 12.1 Å². The van der Waals surface area contributed by atoms with Crippen LogP contribution in [0.2, 0.25) is 0 Å². The summed E-state index contributed by atoms with van der Waals surface area (Å²) in [5, 5.41) is 12.0. The summed E-state index contributed by atoms with van der Waals surface area (Å²) >= 11 is 0. The lowest BCUT2D eigenvalue weighted by molar-refractivity contribution is -0.142. The van der Waals surface area contributed by atoms with E-state index in [2.05, 4.69) is 5.32 Å². The largest absolute Gasteiger partial charge is 0.481 e. The van der Waals surface area contributed by atoms with Gasteiger partial charge in [0.2, 0.25) is 0 Å². The lowest BCUT2D eigenvalue weighted by atomic mass is 9.73. The molecular weight excluding hydrogens is 228 g/mol. The summed E-state index contributed by atoms with van der Waals surface area (Å²) < 4.78 is 27.4. The van der Waals surface area contributed by atoms with Crippen molar-refractivity contribution >= 4 is 5.97 Å². The molecule has 92 valence electrons. The number of benzene rings is 1. The summed E-state index contributed by atoms with van der Waals surface area (Å²) in [4.78, 5) is 11.1. The van der Waals surface area contributed by atoms with Crippen molar-refractivity contribution in [2.24, 2.45) is 5.92 Å². The second-order valence-corrected chi connectivity index (χ2v) is 4.54. The number of hydrogen-bond donors (Lipinski definition) is 2. The van der Waals surface area contributed by atoms with Crippen LogP contribution in [0.25, 0.3) is 0 Å². The molecule has 0 spiro atoms. The van der Waals surface area contributed by atoms with Crippen LogP contribution < -0.4 is 5.32 Å². The molecule has 3 nitrogen and oxygen atoms in total. The first-order valence-corrected chi connectivity index (χ1v) is 5.35. The van der Waals surface area contributed by atoms with Crippen molar-refractivity contribution < 1.29 is 18.7 Å². The van der Waals surface area contributed by atoms with Gasteiger partial charge in [-0.05, 0) is 12.1 Å². The summed E-state index contributed by atoms with van der Waals surface area (Å²) in [6.45, 7) is 2.05. The van der Waals surface area contributed by atoms with Gasteiger partial charge in [-0.25, -0.2) is 8.78 Å². The molecule has 1 saturated heterocycles. The number of rotatable bonds is 2. The van der Waals surface area contributed by atoms with Gasteiger partial charge < -0.3 is 10.4 Å². The number of aliphatic carboxylic acids is 1. The maximum absolute atomic E-state index is 13.7. The van der Waals surface area contributed by atoms with E-state index in [0.29, 0.717) is 0 Å². The van der Waals surface area contributed by atoms with Crippen LogP contribution in [-0.4, -0.2) is 24.2 Å². The molecule has 0 aliphatic carbocycles. The van der Waals surface area contributed by atoms with Gasteiger partial charge in [-0.1, -0.05) is 13.0 Å². The van der Waals surface area contributed by atoms with Crippen molar-refractivity contribution in [3.05, 3.63) is 35.4 Å². The van der Waals surface area contributed by atoms with Crippen LogP contribution in [0.4, 0.5) is 8.78 Å². The fourth-order valence-electron chi connectivity index (χ4n) is 2.49. The van der Waals surface area contributed by atoms with Crippen molar-refractivity contribution in [3.8, 4) is 0 Å². The van der Waals surface area contributed by atoms with Gasteiger partial charge in [-0.2, -0.15) is 0 Å². The molecule has 2 atom stereocenters. The Balaban J connectivity index is 2.54. The third-order valence-corrected chi connectivity index (χ3v) is 3.44. The van der Waals surface area contributed by atoms with E-state index in [1.165, 1.54) is 6.07 Å². The number of carboxylic acids is 1. The quantitative estimate of drug-likeness (QED) is 0.825. The van der Waals surface area contributed by atoms with Gasteiger partial charge in [-0.3, -0.25) is 4.79 Å². The minimum atomic E-state index is -1.05. The highest BCUT2D eigenvalue weighted by atomic mass is 19.1. The first-order valence-electron chi connectivity index (χ1n) is 5.35. The van der Waals surface area contributed by atoms with E-state index >= 15 is 0 Å². The zero-order chi connectivity index (χ0) is 12.6. The molecule has 17 heavy (non-hydrogen) atoms. The van der Waals surface area contributed by atoms with Crippen molar-refractivity contribution in [3.63, 3.8) is 0 Å². The van der Waals surface area contributed by atoms with Gasteiger partial charge in [0, 0.05) is 24.1 Å². The van der Waals surface area contributed by atoms with Crippen molar-refractivity contribution in [1.82, 2.24) is 5.32 Å². The van der Waals surface area contributed by atoms with Gasteiger partial charge in [0.1, 0.15) is 11.6 Å². The molecule has 2 unspecified atom stereocenters. The Morgan fingerprint density at radius 2 is 2.06 bits per heavy atom. The second-order valence-electron chi connectivity index (χ2n) is 4.54. The van der Waals surface area contributed by atoms with Gasteiger partial charge in [-0.15, -0.1) is 0 Å². The Morgan fingerprint density at radius 1 is 1.47 bits per heavy atom. The smallest absolute Gasteiger partial charge is 0.308 e. The summed E-state index contributed by atoms with van der Waals surface area (Å²) in [6, 6.07) is 3.58. The predicted molar refractivity (Wildman–Crippen MR) is 57.7 cm³/mol. The van der Waals surface area contributed by atoms with E-state index in [-0.39, 0.29) is 18.7 Å². The molecule has 2 rings (SSSR count). The van der Waals surface area contributed by atoms with Gasteiger partial charge >= 0.3 is 5.97 Å². The van der Waals surface area contributed by atoms with Crippen LogP contribution in [0.1, 0.15) is 12.5 Å². The average molecular weight is 241 g/mol. The Bertz CT molecular complexity index is 444. The first kappa shape index (κ1) is 12.0. The molecule has 0 bridgehead atoms. The lowest BCUT2D eigenvalue weighted by Crippen LogP contribution is -2.38. The molecule has 0 aromatic heterocycles. The van der Waals surface area contributed by atoms with Gasteiger partial charge in [0.25, 0.3) is 0 Å². The lowest BCUT2D eigenvalue weighted by Gasteiger charge is -2.29. The Hall–Kier alpha value is -1.49. The average Bonchev–Trinajstić information content (AvgIpc) is 2.60. The molecule has 1 heterocycles. The molecule has 1 aromatic carbocycles. The number of halogens is 2. The van der Waals surface area contributed by atoms with Crippen LogP contribution in [0.5, 0.6) is 0 Å². The van der Waals surface area contributed by atoms with Crippen molar-refractivity contribution in [2.45, 2.75) is 12.3 Å². The summed E-state index contributed by atoms with van der Waals surface area (Å²) in [7, 11) is 0. The van der Waals surface area contributed by atoms with Crippen LogP contribution in [-0.2, 0) is 10.2 Å². The monoisotopic (exact) mass is 241 g/mol. The SMILES string of the molecule is CC1(c2c(F)cccc2F)CNCC1C(=O)O. The summed E-state index contributed by atoms with van der Waals surface area (Å²) in [5.41, 5.74) is -1.20. The Kier molecular flexibility index (Phi) is 2.87. The van der Waals surface area contributed by atoms with Crippen molar-refractivity contribution in [1.29, 1.82) is 0 Å². The Labute approximate surface area is 97.5 Å². The third kappa shape index (κ3) is 1.80. The highest BCUT2D eigenvalue weighted by molar-refractivity contribution is 5.73. The van der Waals surface area contributed by atoms with Crippen LogP contribution in [0, 0.1) is 17.6 Å². The summed E-state index contributed by atoms with van der Waals surface area (Å²) in [5.74, 6) is -3.25. The van der Waals surface area contributed by atoms with Crippen LogP contribution >= 0.6 is 0 Å².